The van der Waals surface area contributed by atoms with E-state index in [1.807, 2.05) is 0 Å². The van der Waals surface area contributed by atoms with Crippen LogP contribution in [0.4, 0.5) is 10.1 Å². The van der Waals surface area contributed by atoms with E-state index < -0.39 is 16.4 Å². The normalized spacial score (nSPS) is 10.3. The van der Waals surface area contributed by atoms with Gasteiger partial charge in [0.05, 0.1) is 4.92 Å². The maximum atomic E-state index is 13.1. The molecule has 0 N–H and O–H groups in total. The molecule has 0 aliphatic rings. The summed E-state index contributed by atoms with van der Waals surface area (Å²) in [4.78, 5) is 13.6. The van der Waals surface area contributed by atoms with Gasteiger partial charge in [-0.15, -0.1) is 10.2 Å². The summed E-state index contributed by atoms with van der Waals surface area (Å²) in [5, 5.41) is 17.0. The topological polar surface area (TPSA) is 91.0 Å². The zero-order valence-corrected chi connectivity index (χ0v) is 10.4. The van der Waals surface area contributed by atoms with Crippen LogP contribution in [0.2, 0.25) is 10.4 Å². The van der Waals surface area contributed by atoms with Crippen molar-refractivity contribution in [3.05, 3.63) is 44.6 Å². The van der Waals surface area contributed by atoms with Gasteiger partial charge < -0.3 is 4.74 Å². The van der Waals surface area contributed by atoms with E-state index in [1.54, 1.807) is 0 Å². The number of hydrogen-bond donors (Lipinski definition) is 0. The molecule has 0 saturated heterocycles. The molecule has 10 heteroatoms. The van der Waals surface area contributed by atoms with E-state index in [9.17, 15) is 14.5 Å². The Labute approximate surface area is 115 Å². The van der Waals surface area contributed by atoms with Crippen LogP contribution in [0.25, 0.3) is 0 Å². The van der Waals surface area contributed by atoms with Gasteiger partial charge in [0.2, 0.25) is 16.2 Å². The van der Waals surface area contributed by atoms with Crippen LogP contribution >= 0.6 is 23.2 Å². The van der Waals surface area contributed by atoms with E-state index in [1.165, 1.54) is 0 Å². The second-order valence-electron chi connectivity index (χ2n) is 3.15. The number of ether oxygens (including phenoxy) is 1. The molecule has 0 spiro atoms. The lowest BCUT2D eigenvalue weighted by molar-refractivity contribution is -0.385. The zero-order chi connectivity index (χ0) is 14.0. The molecule has 0 unspecified atom stereocenters. The minimum Gasteiger partial charge on any atom is -0.429 e. The number of halogens is 3. The molecule has 1 heterocycles. The van der Waals surface area contributed by atoms with Crippen molar-refractivity contribution in [3.8, 4) is 11.6 Å². The van der Waals surface area contributed by atoms with Gasteiger partial charge in [0.25, 0.3) is 5.88 Å². The van der Waals surface area contributed by atoms with Gasteiger partial charge in [-0.05, 0) is 17.7 Å². The van der Waals surface area contributed by atoms with E-state index in [-0.39, 0.29) is 22.1 Å². The molecular weight excluding hydrogens is 302 g/mol. The Bertz CT molecular complexity index is 655. The fourth-order valence-corrected chi connectivity index (χ4v) is 1.40. The number of nitrogens with zero attached hydrogens (tertiary/aromatic N) is 4. The standard InChI is InChI=1S/C9H3Cl2FN4O3/c10-7-8(13-9(11)15-14-7)19-6-3-4(12)1-2-5(6)16(17)18/h1-3H. The largest absolute Gasteiger partial charge is 0.429 e. The summed E-state index contributed by atoms with van der Waals surface area (Å²) in [7, 11) is 0. The molecule has 0 bridgehead atoms. The van der Waals surface area contributed by atoms with Gasteiger partial charge in [0.1, 0.15) is 5.82 Å². The number of hydrogen-bond acceptors (Lipinski definition) is 6. The van der Waals surface area contributed by atoms with Crippen LogP contribution in [0.3, 0.4) is 0 Å². The Morgan fingerprint density at radius 2 is 2.05 bits per heavy atom. The van der Waals surface area contributed by atoms with Crippen LogP contribution < -0.4 is 4.74 Å². The highest BCUT2D eigenvalue weighted by Gasteiger charge is 2.19. The number of rotatable bonds is 3. The molecule has 0 atom stereocenters. The summed E-state index contributed by atoms with van der Waals surface area (Å²) < 4.78 is 18.1. The molecule has 0 saturated carbocycles. The zero-order valence-electron chi connectivity index (χ0n) is 8.88. The van der Waals surface area contributed by atoms with Crippen molar-refractivity contribution in [1.29, 1.82) is 0 Å². The average Bonchev–Trinajstić information content (AvgIpc) is 2.33. The van der Waals surface area contributed by atoms with Crippen molar-refractivity contribution in [2.75, 3.05) is 0 Å². The first-order valence-corrected chi connectivity index (χ1v) is 5.40. The van der Waals surface area contributed by atoms with Crippen LogP contribution in [-0.2, 0) is 0 Å². The maximum absolute atomic E-state index is 13.1. The Hall–Kier alpha value is -2.06. The molecular formula is C9H3Cl2FN4O3. The molecule has 0 aliphatic heterocycles. The third kappa shape index (κ3) is 3.04. The molecule has 2 rings (SSSR count). The van der Waals surface area contributed by atoms with Crippen molar-refractivity contribution in [1.82, 2.24) is 15.2 Å². The molecule has 1 aromatic carbocycles. The quantitative estimate of drug-likeness (QED) is 0.639. The van der Waals surface area contributed by atoms with Crippen molar-refractivity contribution in [2.45, 2.75) is 0 Å². The van der Waals surface area contributed by atoms with E-state index in [0.717, 1.165) is 18.2 Å². The molecule has 7 nitrogen and oxygen atoms in total. The van der Waals surface area contributed by atoms with Crippen molar-refractivity contribution in [3.63, 3.8) is 0 Å². The smallest absolute Gasteiger partial charge is 0.311 e. The molecule has 1 aromatic heterocycles. The van der Waals surface area contributed by atoms with Crippen molar-refractivity contribution in [2.24, 2.45) is 0 Å². The van der Waals surface area contributed by atoms with Gasteiger partial charge in [-0.25, -0.2) is 4.39 Å². The van der Waals surface area contributed by atoms with Crippen LogP contribution in [0, 0.1) is 15.9 Å². The van der Waals surface area contributed by atoms with Crippen LogP contribution in [0.5, 0.6) is 11.6 Å². The molecule has 2 aromatic rings. The van der Waals surface area contributed by atoms with Gasteiger partial charge in [-0.3, -0.25) is 10.1 Å². The fraction of sp³-hybridized carbons (Fsp3) is 0. The summed E-state index contributed by atoms with van der Waals surface area (Å²) in [6, 6.07) is 2.71. The van der Waals surface area contributed by atoms with Crippen molar-refractivity contribution < 1.29 is 14.1 Å². The summed E-state index contributed by atoms with van der Waals surface area (Å²) >= 11 is 11.1. The van der Waals surface area contributed by atoms with Crippen LogP contribution in [0.15, 0.2) is 18.2 Å². The predicted octanol–water partition coefficient (Wildman–Crippen LogP) is 3.02. The molecule has 98 valence electrons. The summed E-state index contributed by atoms with van der Waals surface area (Å²) in [6.07, 6.45) is 0. The molecule has 0 aliphatic carbocycles. The lowest BCUT2D eigenvalue weighted by atomic mass is 10.3. The van der Waals surface area contributed by atoms with Gasteiger partial charge in [-0.1, -0.05) is 11.6 Å². The van der Waals surface area contributed by atoms with Crippen LogP contribution in [0.1, 0.15) is 0 Å². The van der Waals surface area contributed by atoms with Crippen molar-refractivity contribution >= 4 is 28.9 Å². The summed E-state index contributed by atoms with van der Waals surface area (Å²) in [5.41, 5.74) is -0.452. The monoisotopic (exact) mass is 304 g/mol. The van der Waals surface area contributed by atoms with Crippen LogP contribution in [-0.4, -0.2) is 20.1 Å². The lowest BCUT2D eigenvalue weighted by Crippen LogP contribution is -1.98. The SMILES string of the molecule is O=[N+]([O-])c1ccc(F)cc1Oc1nc(Cl)nnc1Cl. The Morgan fingerprint density at radius 1 is 1.32 bits per heavy atom. The highest BCUT2D eigenvalue weighted by atomic mass is 35.5. The Balaban J connectivity index is 2.45. The van der Waals surface area contributed by atoms with E-state index in [4.69, 9.17) is 27.9 Å². The average molecular weight is 305 g/mol. The Morgan fingerprint density at radius 3 is 2.74 bits per heavy atom. The first kappa shape index (κ1) is 13.4. The van der Waals surface area contributed by atoms with Gasteiger partial charge >= 0.3 is 5.69 Å². The highest BCUT2D eigenvalue weighted by molar-refractivity contribution is 6.31. The lowest BCUT2D eigenvalue weighted by Gasteiger charge is -2.06. The fourth-order valence-electron chi connectivity index (χ4n) is 1.17. The second-order valence-corrected chi connectivity index (χ2v) is 3.84. The third-order valence-electron chi connectivity index (χ3n) is 1.92. The maximum Gasteiger partial charge on any atom is 0.311 e. The summed E-state index contributed by atoms with van der Waals surface area (Å²) in [5.74, 6) is -1.40. The first-order valence-electron chi connectivity index (χ1n) is 4.65. The number of aromatic nitrogens is 3. The van der Waals surface area contributed by atoms with E-state index >= 15 is 0 Å². The number of nitro groups is 1. The molecule has 0 amide bonds. The number of nitro benzene ring substituents is 1. The minimum absolute atomic E-state index is 0.261. The molecule has 19 heavy (non-hydrogen) atoms. The van der Waals surface area contributed by atoms with Gasteiger partial charge in [-0.2, -0.15) is 4.98 Å². The summed E-state index contributed by atoms with van der Waals surface area (Å²) in [6.45, 7) is 0. The second kappa shape index (κ2) is 5.29. The van der Waals surface area contributed by atoms with E-state index in [0.29, 0.717) is 0 Å². The van der Waals surface area contributed by atoms with Gasteiger partial charge in [0.15, 0.2) is 0 Å². The first-order chi connectivity index (χ1) is 8.97. The highest BCUT2D eigenvalue weighted by Crippen LogP contribution is 2.33. The number of benzene rings is 1. The predicted molar refractivity (Wildman–Crippen MR) is 63.0 cm³/mol. The minimum atomic E-state index is -0.737. The Kier molecular flexibility index (Phi) is 3.72. The molecule has 0 fully saturated rings. The van der Waals surface area contributed by atoms with E-state index in [2.05, 4.69) is 15.2 Å². The van der Waals surface area contributed by atoms with Gasteiger partial charge in [0, 0.05) is 12.1 Å². The third-order valence-corrected chi connectivity index (χ3v) is 2.31. The molecule has 0 radical (unpaired) electrons.